The molecule has 0 aromatic heterocycles. The number of rotatable bonds is 5. The minimum absolute atomic E-state index is 0.0672. The molecule has 160 valence electrons. The number of carbonyl (C=O) groups is 2. The highest BCUT2D eigenvalue weighted by atomic mass is 32.2. The predicted molar refractivity (Wildman–Crippen MR) is 119 cm³/mol. The number of thioether (sulfide) groups is 1. The largest absolute Gasteiger partial charge is 0.378 e. The maximum Gasteiger partial charge on any atom is 0.293 e. The van der Waals surface area contributed by atoms with Gasteiger partial charge in [0.25, 0.3) is 16.8 Å². The molecule has 0 saturated carbocycles. The molecule has 4 rings (SSSR count). The van der Waals surface area contributed by atoms with E-state index in [0.29, 0.717) is 31.9 Å². The Balaban J connectivity index is 1.66. The van der Waals surface area contributed by atoms with E-state index in [1.54, 1.807) is 12.1 Å². The number of non-ortho nitro benzene ring substituents is 1. The summed E-state index contributed by atoms with van der Waals surface area (Å²) in [5.41, 5.74) is 3.15. The molecule has 2 heterocycles. The molecular weight excluding hydrogens is 418 g/mol. The Morgan fingerprint density at radius 1 is 1.16 bits per heavy atom. The Hall–Kier alpha value is -3.17. The van der Waals surface area contributed by atoms with Gasteiger partial charge in [-0.1, -0.05) is 24.3 Å². The molecule has 2 aliphatic heterocycles. The second-order valence-electron chi connectivity index (χ2n) is 7.29. The number of benzene rings is 2. The first-order valence-corrected chi connectivity index (χ1v) is 10.7. The quantitative estimate of drug-likeness (QED) is 0.395. The third-order valence-corrected chi connectivity index (χ3v) is 6.23. The maximum absolute atomic E-state index is 13.0. The summed E-state index contributed by atoms with van der Waals surface area (Å²) in [5, 5.41) is 10.9. The van der Waals surface area contributed by atoms with Gasteiger partial charge < -0.3 is 9.64 Å². The van der Waals surface area contributed by atoms with Crippen molar-refractivity contribution in [3.05, 3.63) is 74.2 Å². The van der Waals surface area contributed by atoms with Crippen LogP contribution in [-0.4, -0.2) is 47.3 Å². The highest BCUT2D eigenvalue weighted by Crippen LogP contribution is 2.36. The van der Waals surface area contributed by atoms with E-state index in [9.17, 15) is 19.7 Å². The molecule has 0 atom stereocenters. The summed E-state index contributed by atoms with van der Waals surface area (Å²) in [4.78, 5) is 39.9. The molecule has 9 heteroatoms. The number of amides is 2. The SMILES string of the molecule is Cc1ccccc1CN1C(=O)S/C(=C\c2cc([N+](=O)[O-])ccc2N2CCOCC2)C1=O. The molecule has 31 heavy (non-hydrogen) atoms. The van der Waals surface area contributed by atoms with Gasteiger partial charge in [-0.2, -0.15) is 0 Å². The highest BCUT2D eigenvalue weighted by molar-refractivity contribution is 8.18. The number of nitro benzene ring substituents is 1. The van der Waals surface area contributed by atoms with Crippen LogP contribution in [0, 0.1) is 17.0 Å². The normalized spacial score (nSPS) is 18.2. The van der Waals surface area contributed by atoms with Gasteiger partial charge in [0.15, 0.2) is 0 Å². The number of nitrogens with zero attached hydrogens (tertiary/aromatic N) is 3. The fourth-order valence-corrected chi connectivity index (χ4v) is 4.43. The van der Waals surface area contributed by atoms with Gasteiger partial charge in [-0.05, 0) is 42.0 Å². The molecule has 0 N–H and O–H groups in total. The Morgan fingerprint density at radius 3 is 2.61 bits per heavy atom. The molecule has 0 radical (unpaired) electrons. The lowest BCUT2D eigenvalue weighted by Crippen LogP contribution is -2.36. The predicted octanol–water partition coefficient (Wildman–Crippen LogP) is 3.98. The first kappa shape index (κ1) is 21.1. The van der Waals surface area contributed by atoms with Crippen molar-refractivity contribution in [3.63, 3.8) is 0 Å². The lowest BCUT2D eigenvalue weighted by atomic mass is 10.1. The van der Waals surface area contributed by atoms with Gasteiger partial charge in [-0.3, -0.25) is 24.6 Å². The van der Waals surface area contributed by atoms with Crippen molar-refractivity contribution in [1.29, 1.82) is 0 Å². The van der Waals surface area contributed by atoms with E-state index in [1.807, 2.05) is 31.2 Å². The average Bonchev–Trinajstić information content (AvgIpc) is 3.03. The molecule has 8 nitrogen and oxygen atoms in total. The van der Waals surface area contributed by atoms with Crippen LogP contribution in [0.5, 0.6) is 0 Å². The van der Waals surface area contributed by atoms with Gasteiger partial charge in [-0.15, -0.1) is 0 Å². The summed E-state index contributed by atoms with van der Waals surface area (Å²) >= 11 is 0.857. The van der Waals surface area contributed by atoms with Crippen molar-refractivity contribution in [1.82, 2.24) is 4.90 Å². The fourth-order valence-electron chi connectivity index (χ4n) is 3.60. The summed E-state index contributed by atoms with van der Waals surface area (Å²) in [6.07, 6.45) is 1.58. The second-order valence-corrected chi connectivity index (χ2v) is 8.29. The summed E-state index contributed by atoms with van der Waals surface area (Å²) < 4.78 is 5.39. The molecule has 2 aliphatic rings. The van der Waals surface area contributed by atoms with Gasteiger partial charge >= 0.3 is 0 Å². The molecule has 2 amide bonds. The van der Waals surface area contributed by atoms with Crippen LogP contribution < -0.4 is 4.90 Å². The lowest BCUT2D eigenvalue weighted by molar-refractivity contribution is -0.384. The van der Waals surface area contributed by atoms with Crippen LogP contribution >= 0.6 is 11.8 Å². The topological polar surface area (TPSA) is 93.0 Å². The van der Waals surface area contributed by atoms with Crippen molar-refractivity contribution in [2.24, 2.45) is 0 Å². The van der Waals surface area contributed by atoms with E-state index in [1.165, 1.54) is 17.0 Å². The second kappa shape index (κ2) is 8.91. The monoisotopic (exact) mass is 439 g/mol. The Labute approximate surface area is 183 Å². The number of nitro groups is 1. The minimum atomic E-state index is -0.468. The first-order chi connectivity index (χ1) is 14.9. The number of carbonyl (C=O) groups excluding carboxylic acids is 2. The summed E-state index contributed by atoms with van der Waals surface area (Å²) in [6.45, 7) is 4.54. The van der Waals surface area contributed by atoms with E-state index in [2.05, 4.69) is 4.90 Å². The van der Waals surface area contributed by atoms with E-state index in [-0.39, 0.29) is 22.4 Å². The number of hydrogen-bond acceptors (Lipinski definition) is 7. The van der Waals surface area contributed by atoms with Crippen molar-refractivity contribution in [2.45, 2.75) is 13.5 Å². The lowest BCUT2D eigenvalue weighted by Gasteiger charge is -2.30. The van der Waals surface area contributed by atoms with E-state index in [0.717, 1.165) is 28.6 Å². The van der Waals surface area contributed by atoms with Gasteiger partial charge in [0.2, 0.25) is 0 Å². The zero-order valence-corrected chi connectivity index (χ0v) is 17.8. The molecule has 0 unspecified atom stereocenters. The Kier molecular flexibility index (Phi) is 6.06. The van der Waals surface area contributed by atoms with E-state index in [4.69, 9.17) is 4.74 Å². The molecule has 2 aromatic rings. The van der Waals surface area contributed by atoms with Crippen molar-refractivity contribution < 1.29 is 19.2 Å². The minimum Gasteiger partial charge on any atom is -0.378 e. The average molecular weight is 439 g/mol. The zero-order valence-electron chi connectivity index (χ0n) is 16.9. The van der Waals surface area contributed by atoms with Crippen molar-refractivity contribution in [2.75, 3.05) is 31.2 Å². The van der Waals surface area contributed by atoms with Gasteiger partial charge in [0, 0.05) is 36.5 Å². The third kappa shape index (κ3) is 4.47. The van der Waals surface area contributed by atoms with Crippen molar-refractivity contribution in [3.8, 4) is 0 Å². The van der Waals surface area contributed by atoms with Crippen LogP contribution in [0.4, 0.5) is 16.2 Å². The number of aryl methyl sites for hydroxylation is 1. The summed E-state index contributed by atoms with van der Waals surface area (Å²) in [6, 6.07) is 12.2. The van der Waals surface area contributed by atoms with E-state index >= 15 is 0 Å². The highest BCUT2D eigenvalue weighted by Gasteiger charge is 2.35. The van der Waals surface area contributed by atoms with Crippen molar-refractivity contribution >= 4 is 40.4 Å². The molecule has 2 saturated heterocycles. The molecule has 0 aliphatic carbocycles. The number of morpholine rings is 1. The third-order valence-electron chi connectivity index (χ3n) is 5.32. The molecule has 2 aromatic carbocycles. The maximum atomic E-state index is 13.0. The Morgan fingerprint density at radius 2 is 1.90 bits per heavy atom. The number of anilines is 1. The number of hydrogen-bond donors (Lipinski definition) is 0. The summed E-state index contributed by atoms with van der Waals surface area (Å²) in [5.74, 6) is -0.391. The summed E-state index contributed by atoms with van der Waals surface area (Å²) in [7, 11) is 0. The number of ether oxygens (including phenoxy) is 1. The Bertz CT molecular complexity index is 1080. The van der Waals surface area contributed by atoms with Gasteiger partial charge in [-0.25, -0.2) is 0 Å². The van der Waals surface area contributed by atoms with Crippen LogP contribution in [0.1, 0.15) is 16.7 Å². The van der Waals surface area contributed by atoms with Gasteiger partial charge in [0.05, 0.1) is 29.6 Å². The van der Waals surface area contributed by atoms with Crippen LogP contribution in [0.2, 0.25) is 0 Å². The molecule has 2 fully saturated rings. The smallest absolute Gasteiger partial charge is 0.293 e. The van der Waals surface area contributed by atoms with E-state index < -0.39 is 10.8 Å². The van der Waals surface area contributed by atoms with Crippen LogP contribution in [0.15, 0.2) is 47.4 Å². The standard InChI is InChI=1S/C22H21N3O5S/c1-15-4-2-3-5-16(15)14-24-21(26)20(31-22(24)27)13-17-12-18(25(28)29)6-7-19(17)23-8-10-30-11-9-23/h2-7,12-13H,8-11,14H2,1H3/b20-13-. The number of imide groups is 1. The molecule has 0 bridgehead atoms. The van der Waals surface area contributed by atoms with Crippen LogP contribution in [0.3, 0.4) is 0 Å². The first-order valence-electron chi connectivity index (χ1n) is 9.85. The van der Waals surface area contributed by atoms with Crippen LogP contribution in [0.25, 0.3) is 6.08 Å². The molecular formula is C22H21N3O5S. The molecule has 0 spiro atoms. The zero-order chi connectivity index (χ0) is 22.0. The fraction of sp³-hybridized carbons (Fsp3) is 0.273. The van der Waals surface area contributed by atoms with Crippen LogP contribution in [-0.2, 0) is 16.1 Å². The van der Waals surface area contributed by atoms with Gasteiger partial charge in [0.1, 0.15) is 0 Å².